The number of guanidine groups is 1. The minimum Gasteiger partial charge on any atom is -0.356 e. The van der Waals surface area contributed by atoms with Gasteiger partial charge in [0.1, 0.15) is 0 Å². The van der Waals surface area contributed by atoms with Crippen molar-refractivity contribution in [2.24, 2.45) is 4.99 Å². The van der Waals surface area contributed by atoms with Gasteiger partial charge in [-0.3, -0.25) is 4.99 Å². The Kier molecular flexibility index (Phi) is 8.94. The summed E-state index contributed by atoms with van der Waals surface area (Å²) < 4.78 is 1.18. The first kappa shape index (κ1) is 18.4. The summed E-state index contributed by atoms with van der Waals surface area (Å²) in [5.74, 6) is 0.837. The minimum absolute atomic E-state index is 0. The van der Waals surface area contributed by atoms with E-state index in [-0.39, 0.29) is 24.0 Å². The van der Waals surface area contributed by atoms with Crippen LogP contribution in [0.15, 0.2) is 51.2 Å². The molecule has 2 rings (SSSR count). The van der Waals surface area contributed by atoms with Crippen LogP contribution in [0.25, 0.3) is 0 Å². The van der Waals surface area contributed by atoms with E-state index in [2.05, 4.69) is 55.8 Å². The first-order valence-electron chi connectivity index (χ1n) is 6.50. The molecule has 0 fully saturated rings. The van der Waals surface area contributed by atoms with Crippen molar-refractivity contribution < 1.29 is 0 Å². The van der Waals surface area contributed by atoms with E-state index in [9.17, 15) is 0 Å². The molecule has 0 unspecified atom stereocenters. The molecule has 1 aromatic carbocycles. The number of rotatable bonds is 5. The highest BCUT2D eigenvalue weighted by molar-refractivity contribution is 14.0. The zero-order valence-corrected chi connectivity index (χ0v) is 16.5. The van der Waals surface area contributed by atoms with Crippen molar-refractivity contribution in [2.45, 2.75) is 13.0 Å². The Hall–Kier alpha value is -0.600. The number of halogens is 2. The molecule has 0 spiro atoms. The molecule has 1 aromatic heterocycles. The van der Waals surface area contributed by atoms with Gasteiger partial charge in [-0.15, -0.1) is 35.3 Å². The Balaban J connectivity index is 0.00000220. The van der Waals surface area contributed by atoms with Crippen LogP contribution in [0.5, 0.6) is 0 Å². The van der Waals surface area contributed by atoms with E-state index < -0.39 is 0 Å². The van der Waals surface area contributed by atoms with Gasteiger partial charge in [0.2, 0.25) is 0 Å². The molecule has 2 aromatic rings. The molecule has 0 aliphatic rings. The van der Waals surface area contributed by atoms with E-state index in [0.717, 1.165) is 25.5 Å². The van der Waals surface area contributed by atoms with Gasteiger partial charge in [-0.25, -0.2) is 0 Å². The number of hydrogen-bond acceptors (Lipinski definition) is 2. The summed E-state index contributed by atoms with van der Waals surface area (Å²) >= 11 is 5.25. The van der Waals surface area contributed by atoms with Gasteiger partial charge < -0.3 is 10.6 Å². The van der Waals surface area contributed by atoms with Gasteiger partial charge in [-0.2, -0.15) is 0 Å². The van der Waals surface area contributed by atoms with Crippen molar-refractivity contribution in [3.63, 3.8) is 0 Å². The van der Waals surface area contributed by atoms with Gasteiger partial charge in [0.25, 0.3) is 0 Å². The highest BCUT2D eigenvalue weighted by Crippen LogP contribution is 2.21. The first-order chi connectivity index (χ1) is 9.78. The van der Waals surface area contributed by atoms with Crippen LogP contribution >= 0.6 is 51.2 Å². The number of aliphatic imine (C=N–C) groups is 1. The first-order valence-corrected chi connectivity index (χ1v) is 8.11. The van der Waals surface area contributed by atoms with E-state index in [0.29, 0.717) is 0 Å². The Labute approximate surface area is 155 Å². The molecular formula is C15H19BrIN3S. The third-order valence-electron chi connectivity index (χ3n) is 2.82. The van der Waals surface area contributed by atoms with Gasteiger partial charge >= 0.3 is 0 Å². The largest absolute Gasteiger partial charge is 0.356 e. The lowest BCUT2D eigenvalue weighted by Crippen LogP contribution is -2.37. The fourth-order valence-electron chi connectivity index (χ4n) is 1.79. The predicted molar refractivity (Wildman–Crippen MR) is 106 cm³/mol. The number of thiophene rings is 1. The van der Waals surface area contributed by atoms with Crippen LogP contribution in [-0.4, -0.2) is 19.6 Å². The fourth-order valence-corrected chi connectivity index (χ4v) is 3.28. The average molecular weight is 480 g/mol. The summed E-state index contributed by atoms with van der Waals surface area (Å²) in [4.78, 5) is 5.59. The zero-order valence-electron chi connectivity index (χ0n) is 11.8. The molecule has 0 saturated heterocycles. The van der Waals surface area contributed by atoms with Gasteiger partial charge in [0, 0.05) is 25.0 Å². The second-order valence-electron chi connectivity index (χ2n) is 4.29. The molecular weight excluding hydrogens is 461 g/mol. The summed E-state index contributed by atoms with van der Waals surface area (Å²) in [6.07, 6.45) is 1.00. The highest BCUT2D eigenvalue weighted by atomic mass is 127. The standard InChI is InChI=1S/C15H18BrN3S.HI/c1-17-15(19-11-12-5-3-2-4-6-12)18-10-9-13-7-8-14(16)20-13;/h2-8H,9-11H2,1H3,(H2,17,18,19);1H. The van der Waals surface area contributed by atoms with E-state index in [4.69, 9.17) is 0 Å². The Morgan fingerprint density at radius 1 is 1.14 bits per heavy atom. The third-order valence-corrected chi connectivity index (χ3v) is 4.50. The quantitative estimate of drug-likeness (QED) is 0.385. The zero-order chi connectivity index (χ0) is 14.2. The molecule has 0 bridgehead atoms. The lowest BCUT2D eigenvalue weighted by atomic mass is 10.2. The predicted octanol–water partition coefficient (Wildman–Crippen LogP) is 4.04. The molecule has 0 amide bonds. The maximum Gasteiger partial charge on any atom is 0.191 e. The topological polar surface area (TPSA) is 36.4 Å². The third kappa shape index (κ3) is 6.80. The molecule has 2 N–H and O–H groups in total. The smallest absolute Gasteiger partial charge is 0.191 e. The summed E-state index contributed by atoms with van der Waals surface area (Å²) in [5.41, 5.74) is 1.25. The van der Waals surface area contributed by atoms with Crippen molar-refractivity contribution in [1.82, 2.24) is 10.6 Å². The summed E-state index contributed by atoms with van der Waals surface area (Å²) in [5, 5.41) is 6.64. The van der Waals surface area contributed by atoms with Crippen LogP contribution in [-0.2, 0) is 13.0 Å². The van der Waals surface area contributed by atoms with Crippen LogP contribution < -0.4 is 10.6 Å². The number of nitrogens with one attached hydrogen (secondary N) is 2. The molecule has 0 atom stereocenters. The van der Waals surface area contributed by atoms with Crippen molar-refractivity contribution in [3.05, 3.63) is 56.7 Å². The van der Waals surface area contributed by atoms with Crippen molar-refractivity contribution in [2.75, 3.05) is 13.6 Å². The second kappa shape index (κ2) is 10.2. The van der Waals surface area contributed by atoms with Gasteiger partial charge in [0.05, 0.1) is 3.79 Å². The van der Waals surface area contributed by atoms with E-state index in [1.807, 2.05) is 18.2 Å². The van der Waals surface area contributed by atoms with Crippen LogP contribution in [0.3, 0.4) is 0 Å². The number of nitrogens with zero attached hydrogens (tertiary/aromatic N) is 1. The van der Waals surface area contributed by atoms with Crippen LogP contribution in [0.4, 0.5) is 0 Å². The van der Waals surface area contributed by atoms with Crippen molar-refractivity contribution in [1.29, 1.82) is 0 Å². The number of benzene rings is 1. The van der Waals surface area contributed by atoms with Crippen LogP contribution in [0.2, 0.25) is 0 Å². The molecule has 114 valence electrons. The molecule has 0 saturated carbocycles. The average Bonchev–Trinajstić information content (AvgIpc) is 2.89. The maximum atomic E-state index is 4.23. The fraction of sp³-hybridized carbons (Fsp3) is 0.267. The lowest BCUT2D eigenvalue weighted by Gasteiger charge is -2.11. The molecule has 6 heteroatoms. The Morgan fingerprint density at radius 3 is 2.52 bits per heavy atom. The second-order valence-corrected chi connectivity index (χ2v) is 6.84. The maximum absolute atomic E-state index is 4.23. The summed E-state index contributed by atoms with van der Waals surface area (Å²) in [7, 11) is 1.79. The van der Waals surface area contributed by atoms with E-state index in [1.54, 1.807) is 18.4 Å². The van der Waals surface area contributed by atoms with E-state index in [1.165, 1.54) is 14.2 Å². The van der Waals surface area contributed by atoms with Gasteiger partial charge in [-0.1, -0.05) is 30.3 Å². The molecule has 0 aliphatic heterocycles. The van der Waals surface area contributed by atoms with Gasteiger partial charge in [0.15, 0.2) is 5.96 Å². The van der Waals surface area contributed by atoms with Crippen LogP contribution in [0, 0.1) is 0 Å². The normalized spacial score (nSPS) is 10.9. The highest BCUT2D eigenvalue weighted by Gasteiger charge is 2.00. The molecule has 0 radical (unpaired) electrons. The van der Waals surface area contributed by atoms with Crippen molar-refractivity contribution in [3.8, 4) is 0 Å². The molecule has 1 heterocycles. The SMILES string of the molecule is CN=C(NCCc1ccc(Br)s1)NCc1ccccc1.I. The summed E-state index contributed by atoms with van der Waals surface area (Å²) in [6, 6.07) is 14.5. The Bertz CT molecular complexity index is 557. The molecule has 21 heavy (non-hydrogen) atoms. The monoisotopic (exact) mass is 479 g/mol. The van der Waals surface area contributed by atoms with E-state index >= 15 is 0 Å². The number of hydrogen-bond donors (Lipinski definition) is 2. The van der Waals surface area contributed by atoms with Gasteiger partial charge in [-0.05, 0) is 40.0 Å². The minimum atomic E-state index is 0. The van der Waals surface area contributed by atoms with Crippen molar-refractivity contribution >= 4 is 57.2 Å². The molecule has 0 aliphatic carbocycles. The van der Waals surface area contributed by atoms with Crippen LogP contribution in [0.1, 0.15) is 10.4 Å². The Morgan fingerprint density at radius 2 is 1.90 bits per heavy atom. The lowest BCUT2D eigenvalue weighted by molar-refractivity contribution is 0.799. The molecule has 3 nitrogen and oxygen atoms in total. The summed E-state index contributed by atoms with van der Waals surface area (Å²) in [6.45, 7) is 1.66.